The van der Waals surface area contributed by atoms with Crippen molar-refractivity contribution in [3.8, 4) is 0 Å². The number of likely N-dealkylation sites (tertiary alicyclic amines) is 1. The second-order valence-corrected chi connectivity index (χ2v) is 5.93. The molecule has 20 heavy (non-hydrogen) atoms. The second-order valence-electron chi connectivity index (χ2n) is 5.93. The van der Waals surface area contributed by atoms with Crippen LogP contribution in [0.5, 0.6) is 0 Å². The van der Waals surface area contributed by atoms with Gasteiger partial charge in [0.15, 0.2) is 0 Å². The molecular weight excluding hydrogens is 242 g/mol. The summed E-state index contributed by atoms with van der Waals surface area (Å²) in [4.78, 5) is 2.68. The molecule has 0 saturated carbocycles. The summed E-state index contributed by atoms with van der Waals surface area (Å²) in [5, 5.41) is 0. The Morgan fingerprint density at radius 3 is 2.10 bits per heavy atom. The number of rotatable bonds is 4. The van der Waals surface area contributed by atoms with Gasteiger partial charge in [0, 0.05) is 18.6 Å². The molecule has 3 rings (SSSR count). The van der Waals surface area contributed by atoms with Crippen LogP contribution in [0.4, 0.5) is 0 Å². The van der Waals surface area contributed by atoms with E-state index in [9.17, 15) is 0 Å². The van der Waals surface area contributed by atoms with Crippen molar-refractivity contribution in [1.82, 2.24) is 4.90 Å². The molecule has 1 nitrogen and oxygen atoms in total. The summed E-state index contributed by atoms with van der Waals surface area (Å²) >= 11 is 0. The Labute approximate surface area is 122 Å². The van der Waals surface area contributed by atoms with Crippen LogP contribution >= 0.6 is 0 Å². The molecule has 104 valence electrons. The second kappa shape index (κ2) is 6.23. The molecule has 1 fully saturated rings. The van der Waals surface area contributed by atoms with Gasteiger partial charge in [0.25, 0.3) is 0 Å². The first-order valence-corrected chi connectivity index (χ1v) is 7.66. The minimum atomic E-state index is 0.688. The SMILES string of the molecule is C[C@H]1CC[C@H](Cc2ccccc2)N1Cc1ccccc1. The van der Waals surface area contributed by atoms with Crippen LogP contribution in [0.1, 0.15) is 30.9 Å². The maximum absolute atomic E-state index is 2.68. The van der Waals surface area contributed by atoms with Crippen molar-refractivity contribution in [3.05, 3.63) is 71.8 Å². The summed E-state index contributed by atoms with van der Waals surface area (Å²) in [6, 6.07) is 23.1. The molecule has 0 aromatic heterocycles. The van der Waals surface area contributed by atoms with Crippen LogP contribution in [-0.2, 0) is 13.0 Å². The van der Waals surface area contributed by atoms with Gasteiger partial charge in [0.2, 0.25) is 0 Å². The van der Waals surface area contributed by atoms with Crippen molar-refractivity contribution in [2.45, 2.75) is 44.8 Å². The van der Waals surface area contributed by atoms with E-state index in [0.717, 1.165) is 6.54 Å². The van der Waals surface area contributed by atoms with Crippen molar-refractivity contribution in [2.75, 3.05) is 0 Å². The van der Waals surface area contributed by atoms with E-state index >= 15 is 0 Å². The Kier molecular flexibility index (Phi) is 4.17. The predicted molar refractivity (Wildman–Crippen MR) is 84.6 cm³/mol. The Morgan fingerprint density at radius 2 is 1.45 bits per heavy atom. The third-order valence-corrected chi connectivity index (χ3v) is 4.47. The fraction of sp³-hybridized carbons (Fsp3) is 0.368. The summed E-state index contributed by atoms with van der Waals surface area (Å²) in [6.07, 6.45) is 3.82. The molecule has 1 heteroatoms. The third kappa shape index (κ3) is 3.10. The summed E-state index contributed by atoms with van der Waals surface area (Å²) in [7, 11) is 0. The Balaban J connectivity index is 1.70. The van der Waals surface area contributed by atoms with E-state index < -0.39 is 0 Å². The maximum atomic E-state index is 2.68. The zero-order valence-electron chi connectivity index (χ0n) is 12.2. The lowest BCUT2D eigenvalue weighted by molar-refractivity contribution is 0.192. The van der Waals surface area contributed by atoms with E-state index in [-0.39, 0.29) is 0 Å². The Hall–Kier alpha value is -1.60. The molecule has 1 saturated heterocycles. The van der Waals surface area contributed by atoms with Gasteiger partial charge in [-0.25, -0.2) is 0 Å². The van der Waals surface area contributed by atoms with E-state index in [1.807, 2.05) is 0 Å². The highest BCUT2D eigenvalue weighted by molar-refractivity contribution is 5.18. The van der Waals surface area contributed by atoms with Gasteiger partial charge in [-0.1, -0.05) is 60.7 Å². The monoisotopic (exact) mass is 265 g/mol. The van der Waals surface area contributed by atoms with E-state index in [1.165, 1.54) is 30.4 Å². The fourth-order valence-corrected chi connectivity index (χ4v) is 3.31. The number of hydrogen-bond acceptors (Lipinski definition) is 1. The highest BCUT2D eigenvalue weighted by Crippen LogP contribution is 2.28. The first-order chi connectivity index (χ1) is 9.83. The van der Waals surface area contributed by atoms with Crippen LogP contribution in [0.15, 0.2) is 60.7 Å². The molecule has 0 bridgehead atoms. The van der Waals surface area contributed by atoms with Crippen LogP contribution in [0, 0.1) is 0 Å². The topological polar surface area (TPSA) is 3.24 Å². The van der Waals surface area contributed by atoms with Crippen LogP contribution in [0.3, 0.4) is 0 Å². The number of nitrogens with zero attached hydrogens (tertiary/aromatic N) is 1. The molecule has 0 unspecified atom stereocenters. The van der Waals surface area contributed by atoms with Gasteiger partial charge in [-0.05, 0) is 37.3 Å². The van der Waals surface area contributed by atoms with Gasteiger partial charge < -0.3 is 0 Å². The normalized spacial score (nSPS) is 23.1. The summed E-state index contributed by atoms with van der Waals surface area (Å²) in [6.45, 7) is 3.45. The van der Waals surface area contributed by atoms with E-state index in [0.29, 0.717) is 12.1 Å². The van der Waals surface area contributed by atoms with Gasteiger partial charge in [0.05, 0.1) is 0 Å². The minimum absolute atomic E-state index is 0.688. The molecule has 1 aliphatic heterocycles. The molecular formula is C19H23N. The number of hydrogen-bond donors (Lipinski definition) is 0. The van der Waals surface area contributed by atoms with Crippen LogP contribution < -0.4 is 0 Å². The lowest BCUT2D eigenvalue weighted by atomic mass is 10.0. The molecule has 0 aliphatic carbocycles. The first kappa shape index (κ1) is 13.4. The van der Waals surface area contributed by atoms with Crippen molar-refractivity contribution in [3.63, 3.8) is 0 Å². The van der Waals surface area contributed by atoms with E-state index in [4.69, 9.17) is 0 Å². The first-order valence-electron chi connectivity index (χ1n) is 7.66. The largest absolute Gasteiger partial charge is 0.293 e. The standard InChI is InChI=1S/C19H23N/c1-16-12-13-19(14-17-8-4-2-5-9-17)20(16)15-18-10-6-3-7-11-18/h2-11,16,19H,12-15H2,1H3/t16-,19+/m0/s1. The average molecular weight is 265 g/mol. The molecule has 0 amide bonds. The maximum Gasteiger partial charge on any atom is 0.0239 e. The molecule has 2 aromatic carbocycles. The Morgan fingerprint density at radius 1 is 0.850 bits per heavy atom. The van der Waals surface area contributed by atoms with E-state index in [1.54, 1.807) is 0 Å². The molecule has 2 atom stereocenters. The van der Waals surface area contributed by atoms with Crippen LogP contribution in [-0.4, -0.2) is 17.0 Å². The van der Waals surface area contributed by atoms with Gasteiger partial charge in [-0.2, -0.15) is 0 Å². The molecule has 1 heterocycles. The van der Waals surface area contributed by atoms with Crippen LogP contribution in [0.2, 0.25) is 0 Å². The van der Waals surface area contributed by atoms with E-state index in [2.05, 4.69) is 72.5 Å². The average Bonchev–Trinajstić information content (AvgIpc) is 2.83. The summed E-state index contributed by atoms with van der Waals surface area (Å²) in [5.74, 6) is 0. The van der Waals surface area contributed by atoms with Gasteiger partial charge in [-0.3, -0.25) is 4.90 Å². The summed E-state index contributed by atoms with van der Waals surface area (Å²) < 4.78 is 0. The van der Waals surface area contributed by atoms with Crippen molar-refractivity contribution >= 4 is 0 Å². The predicted octanol–water partition coefficient (Wildman–Crippen LogP) is 4.28. The van der Waals surface area contributed by atoms with Crippen LogP contribution in [0.25, 0.3) is 0 Å². The molecule has 2 aromatic rings. The highest BCUT2D eigenvalue weighted by Gasteiger charge is 2.30. The quantitative estimate of drug-likeness (QED) is 0.797. The minimum Gasteiger partial charge on any atom is -0.293 e. The summed E-state index contributed by atoms with van der Waals surface area (Å²) in [5.41, 5.74) is 2.89. The molecule has 0 spiro atoms. The lowest BCUT2D eigenvalue weighted by Crippen LogP contribution is -2.35. The van der Waals surface area contributed by atoms with Crippen molar-refractivity contribution in [2.24, 2.45) is 0 Å². The van der Waals surface area contributed by atoms with Gasteiger partial charge in [0.1, 0.15) is 0 Å². The van der Waals surface area contributed by atoms with Crippen molar-refractivity contribution in [1.29, 1.82) is 0 Å². The number of benzene rings is 2. The smallest absolute Gasteiger partial charge is 0.0239 e. The lowest BCUT2D eigenvalue weighted by Gasteiger charge is -2.28. The fourth-order valence-electron chi connectivity index (χ4n) is 3.31. The molecule has 0 radical (unpaired) electrons. The molecule has 0 N–H and O–H groups in total. The van der Waals surface area contributed by atoms with Gasteiger partial charge in [-0.15, -0.1) is 0 Å². The molecule has 1 aliphatic rings. The zero-order chi connectivity index (χ0) is 13.8. The zero-order valence-corrected chi connectivity index (χ0v) is 12.2. The van der Waals surface area contributed by atoms with Crippen molar-refractivity contribution < 1.29 is 0 Å². The Bertz CT molecular complexity index is 520. The third-order valence-electron chi connectivity index (χ3n) is 4.47. The highest BCUT2D eigenvalue weighted by atomic mass is 15.2. The van der Waals surface area contributed by atoms with Gasteiger partial charge >= 0.3 is 0 Å².